The molecule has 1 amide bonds. The molecule has 0 spiro atoms. The highest BCUT2D eigenvalue weighted by Gasteiger charge is 2.41. The zero-order valence-corrected chi connectivity index (χ0v) is 13.4. The first kappa shape index (κ1) is 15.0. The molecule has 0 aromatic heterocycles. The lowest BCUT2D eigenvalue weighted by molar-refractivity contribution is -0.120. The number of allylic oxidation sites excluding steroid dienone is 1. The van der Waals surface area contributed by atoms with Crippen LogP contribution < -0.4 is 5.73 Å². The maximum Gasteiger partial charge on any atom is 0.284 e. The number of ketones is 1. The number of halogens is 1. The third-order valence-electron chi connectivity index (χ3n) is 4.36. The molecule has 2 N–H and O–H groups in total. The number of carbonyl (C=O) groups excluding carboxylic acids is 2. The Kier molecular flexibility index (Phi) is 3.42. The second kappa shape index (κ2) is 5.49. The van der Waals surface area contributed by atoms with E-state index in [0.29, 0.717) is 34.7 Å². The first-order valence-corrected chi connectivity index (χ1v) is 8.01. The van der Waals surface area contributed by atoms with Gasteiger partial charge in [0.1, 0.15) is 5.78 Å². The molecule has 120 valence electrons. The van der Waals surface area contributed by atoms with E-state index in [1.165, 1.54) is 0 Å². The van der Waals surface area contributed by atoms with Crippen molar-refractivity contribution in [2.75, 3.05) is 0 Å². The number of dihydropyridines is 1. The van der Waals surface area contributed by atoms with Crippen LogP contribution in [0.25, 0.3) is 5.57 Å². The van der Waals surface area contributed by atoms with Gasteiger partial charge in [-0.3, -0.25) is 9.59 Å². The number of fused-ring (bicyclic) bond motifs is 2. The van der Waals surface area contributed by atoms with E-state index >= 15 is 0 Å². The van der Waals surface area contributed by atoms with E-state index in [1.54, 1.807) is 18.2 Å². The van der Waals surface area contributed by atoms with Crippen molar-refractivity contribution in [2.24, 2.45) is 26.6 Å². The molecule has 1 unspecified atom stereocenters. The number of benzene rings is 1. The molecule has 2 heterocycles. The van der Waals surface area contributed by atoms with Crippen LogP contribution in [0.15, 0.2) is 44.8 Å². The van der Waals surface area contributed by atoms with Gasteiger partial charge in [-0.2, -0.15) is 9.98 Å². The number of aliphatic imine (C=N–C) groups is 3. The van der Waals surface area contributed by atoms with Gasteiger partial charge in [-0.15, -0.1) is 0 Å². The van der Waals surface area contributed by atoms with Gasteiger partial charge in [-0.05, 0) is 30.0 Å². The number of guanidine groups is 1. The van der Waals surface area contributed by atoms with Crippen LogP contribution in [-0.4, -0.2) is 29.2 Å². The van der Waals surface area contributed by atoms with Crippen LogP contribution in [0.5, 0.6) is 0 Å². The highest BCUT2D eigenvalue weighted by atomic mass is 35.5. The Morgan fingerprint density at radius 1 is 1.08 bits per heavy atom. The topological polar surface area (TPSA) is 97.2 Å². The molecule has 0 saturated heterocycles. The van der Waals surface area contributed by atoms with Gasteiger partial charge in [0.25, 0.3) is 5.91 Å². The van der Waals surface area contributed by atoms with Crippen LogP contribution in [0.4, 0.5) is 0 Å². The van der Waals surface area contributed by atoms with Crippen LogP contribution in [0, 0.1) is 5.92 Å². The Bertz CT molecular complexity index is 911. The highest BCUT2D eigenvalue weighted by molar-refractivity contribution is 6.40. The number of amides is 1. The summed E-state index contributed by atoms with van der Waals surface area (Å²) in [5.41, 5.74) is 7.72. The van der Waals surface area contributed by atoms with E-state index in [2.05, 4.69) is 15.0 Å². The summed E-state index contributed by atoms with van der Waals surface area (Å²) < 4.78 is 0. The summed E-state index contributed by atoms with van der Waals surface area (Å²) in [7, 11) is 0. The summed E-state index contributed by atoms with van der Waals surface area (Å²) in [4.78, 5) is 37.4. The number of carbonyl (C=O) groups is 2. The standard InChI is InChI=1S/C17H13ClN4O2/c18-9-5-2-1-4-8(9)12-13-10(6-3-7-11(13)23)20-15-14(12)16(24)22-17(19)21-15/h1-2,4-5,13H,3,6-7H2,(H2,19,22,24). The Labute approximate surface area is 142 Å². The number of amidine groups is 1. The van der Waals surface area contributed by atoms with Crippen LogP contribution in [0.2, 0.25) is 5.02 Å². The van der Waals surface area contributed by atoms with E-state index in [-0.39, 0.29) is 23.2 Å². The summed E-state index contributed by atoms with van der Waals surface area (Å²) in [5, 5.41) is 0.467. The third-order valence-corrected chi connectivity index (χ3v) is 4.69. The summed E-state index contributed by atoms with van der Waals surface area (Å²) in [6.45, 7) is 0. The minimum Gasteiger partial charge on any atom is -0.368 e. The van der Waals surface area contributed by atoms with Crippen molar-refractivity contribution in [1.29, 1.82) is 0 Å². The zero-order valence-electron chi connectivity index (χ0n) is 12.6. The van der Waals surface area contributed by atoms with Crippen LogP contribution in [0.3, 0.4) is 0 Å². The smallest absolute Gasteiger partial charge is 0.284 e. The van der Waals surface area contributed by atoms with Gasteiger partial charge in [0, 0.05) is 17.2 Å². The van der Waals surface area contributed by atoms with E-state index in [4.69, 9.17) is 17.3 Å². The summed E-state index contributed by atoms with van der Waals surface area (Å²) in [6.07, 6.45) is 1.88. The lowest BCUT2D eigenvalue weighted by atomic mass is 9.74. The minimum atomic E-state index is -0.564. The highest BCUT2D eigenvalue weighted by Crippen LogP contribution is 2.41. The summed E-state index contributed by atoms with van der Waals surface area (Å²) in [6, 6.07) is 7.13. The second-order valence-corrected chi connectivity index (χ2v) is 6.24. The SMILES string of the molecule is NC1=NC(=O)C2=C(c3ccccc3Cl)C3C(=O)CCCC3=NC2=N1. The minimum absolute atomic E-state index is 0.0387. The monoisotopic (exact) mass is 340 g/mol. The van der Waals surface area contributed by atoms with Crippen LogP contribution in [0.1, 0.15) is 24.8 Å². The van der Waals surface area contributed by atoms with Crippen molar-refractivity contribution in [3.8, 4) is 0 Å². The Hall–Kier alpha value is -2.60. The van der Waals surface area contributed by atoms with Gasteiger partial charge in [0.15, 0.2) is 5.84 Å². The molecule has 24 heavy (non-hydrogen) atoms. The number of hydrogen-bond acceptors (Lipinski definition) is 5. The lowest BCUT2D eigenvalue weighted by Gasteiger charge is -2.31. The molecule has 6 nitrogen and oxygen atoms in total. The van der Waals surface area contributed by atoms with Gasteiger partial charge in [-0.1, -0.05) is 29.8 Å². The number of nitrogens with two attached hydrogens (primary N) is 1. The van der Waals surface area contributed by atoms with Gasteiger partial charge in [-0.25, -0.2) is 4.99 Å². The Morgan fingerprint density at radius 3 is 2.67 bits per heavy atom. The number of hydrogen-bond donors (Lipinski definition) is 1. The fraction of sp³-hybridized carbons (Fsp3) is 0.235. The van der Waals surface area contributed by atoms with E-state index < -0.39 is 11.8 Å². The van der Waals surface area contributed by atoms with Crippen molar-refractivity contribution in [3.05, 3.63) is 40.4 Å². The lowest BCUT2D eigenvalue weighted by Crippen LogP contribution is -2.38. The molecule has 4 rings (SSSR count). The number of rotatable bonds is 1. The Balaban J connectivity index is 2.03. The molecule has 0 radical (unpaired) electrons. The molecule has 1 aliphatic carbocycles. The molecular formula is C17H13ClN4O2. The molecule has 3 aliphatic rings. The molecule has 1 aromatic rings. The third kappa shape index (κ3) is 2.22. The average molecular weight is 341 g/mol. The van der Waals surface area contributed by atoms with Gasteiger partial charge in [0.2, 0.25) is 5.96 Å². The van der Waals surface area contributed by atoms with E-state index in [0.717, 1.165) is 6.42 Å². The van der Waals surface area contributed by atoms with Crippen LogP contribution >= 0.6 is 11.6 Å². The predicted molar refractivity (Wildman–Crippen MR) is 92.2 cm³/mol. The maximum absolute atomic E-state index is 12.6. The fourth-order valence-electron chi connectivity index (χ4n) is 3.38. The molecule has 7 heteroatoms. The van der Waals surface area contributed by atoms with Crippen molar-refractivity contribution < 1.29 is 9.59 Å². The molecule has 1 atom stereocenters. The normalized spacial score (nSPS) is 23.2. The zero-order chi connectivity index (χ0) is 16.8. The van der Waals surface area contributed by atoms with Crippen molar-refractivity contribution in [1.82, 2.24) is 0 Å². The quantitative estimate of drug-likeness (QED) is 0.848. The summed E-state index contributed by atoms with van der Waals surface area (Å²) in [5.74, 6) is -0.956. The first-order chi connectivity index (χ1) is 11.6. The molecule has 1 fully saturated rings. The first-order valence-electron chi connectivity index (χ1n) is 7.63. The fourth-order valence-corrected chi connectivity index (χ4v) is 3.62. The predicted octanol–water partition coefficient (Wildman–Crippen LogP) is 2.17. The molecule has 2 aliphatic heterocycles. The van der Waals surface area contributed by atoms with Crippen molar-refractivity contribution in [3.63, 3.8) is 0 Å². The average Bonchev–Trinajstić information content (AvgIpc) is 2.53. The Morgan fingerprint density at radius 2 is 1.88 bits per heavy atom. The number of Topliss-reactive ketones (excluding diaryl/α,β-unsaturated/α-hetero) is 1. The largest absolute Gasteiger partial charge is 0.368 e. The molecular weight excluding hydrogens is 328 g/mol. The van der Waals surface area contributed by atoms with E-state index in [1.807, 2.05) is 6.07 Å². The maximum atomic E-state index is 12.6. The van der Waals surface area contributed by atoms with Crippen LogP contribution in [-0.2, 0) is 9.59 Å². The van der Waals surface area contributed by atoms with Gasteiger partial charge < -0.3 is 5.73 Å². The summed E-state index contributed by atoms with van der Waals surface area (Å²) >= 11 is 6.35. The molecule has 0 bridgehead atoms. The van der Waals surface area contributed by atoms with Crippen molar-refractivity contribution >= 4 is 46.4 Å². The van der Waals surface area contributed by atoms with Gasteiger partial charge >= 0.3 is 0 Å². The molecule has 1 saturated carbocycles. The van der Waals surface area contributed by atoms with Crippen molar-refractivity contribution in [2.45, 2.75) is 19.3 Å². The second-order valence-electron chi connectivity index (χ2n) is 5.84. The number of nitrogens with zero attached hydrogens (tertiary/aromatic N) is 3. The van der Waals surface area contributed by atoms with Gasteiger partial charge in [0.05, 0.1) is 11.5 Å². The molecule has 1 aromatic carbocycles. The van der Waals surface area contributed by atoms with E-state index in [9.17, 15) is 9.59 Å².